The fraction of sp³-hybridized carbons (Fsp3) is 0.600. The average Bonchev–Trinajstić information content (AvgIpc) is 3.03. The molecule has 1 aromatic carbocycles. The topological polar surface area (TPSA) is 66.0 Å². The van der Waals surface area contributed by atoms with E-state index < -0.39 is 0 Å². The van der Waals surface area contributed by atoms with Gasteiger partial charge in [0.25, 0.3) is 0 Å². The highest BCUT2D eigenvalue weighted by atomic mass is 16.5. The van der Waals surface area contributed by atoms with E-state index in [1.54, 1.807) is 0 Å². The predicted octanol–water partition coefficient (Wildman–Crippen LogP) is 2.87. The summed E-state index contributed by atoms with van der Waals surface area (Å²) in [5, 5.41) is 6.18. The molecule has 0 radical (unpaired) electrons. The number of hydrogen-bond donors (Lipinski definition) is 2. The van der Waals surface area contributed by atoms with Gasteiger partial charge in [-0.2, -0.15) is 0 Å². The van der Waals surface area contributed by atoms with Crippen LogP contribution in [0.5, 0.6) is 5.75 Å². The van der Waals surface area contributed by atoms with Crippen molar-refractivity contribution in [2.45, 2.75) is 39.5 Å². The third-order valence-corrected chi connectivity index (χ3v) is 5.26. The molecule has 1 heterocycles. The summed E-state index contributed by atoms with van der Waals surface area (Å²) in [6, 6.07) is 7.44. The van der Waals surface area contributed by atoms with Crippen LogP contribution in [0.1, 0.15) is 39.5 Å². The number of likely N-dealkylation sites (tertiary alicyclic amines) is 1. The van der Waals surface area contributed by atoms with Crippen LogP contribution in [0.25, 0.3) is 0 Å². The Morgan fingerprint density at radius 3 is 2.85 bits per heavy atom. The summed E-state index contributed by atoms with van der Waals surface area (Å²) in [7, 11) is 0. The SMILES string of the molecule is CCNC(=NCCOc1cccc(NC(C)=O)c1)N1CCC2(CCC2)C1. The van der Waals surface area contributed by atoms with E-state index >= 15 is 0 Å². The van der Waals surface area contributed by atoms with Crippen LogP contribution in [0, 0.1) is 5.41 Å². The Balaban J connectivity index is 1.50. The first-order valence-electron chi connectivity index (χ1n) is 9.64. The number of carbonyl (C=O) groups excluding carboxylic acids is 1. The van der Waals surface area contributed by atoms with Crippen molar-refractivity contribution in [3.8, 4) is 5.75 Å². The monoisotopic (exact) mass is 358 g/mol. The molecule has 1 amide bonds. The maximum atomic E-state index is 11.1. The number of guanidine groups is 1. The van der Waals surface area contributed by atoms with Crippen molar-refractivity contribution >= 4 is 17.6 Å². The number of anilines is 1. The number of aliphatic imine (C=N–C) groups is 1. The van der Waals surface area contributed by atoms with E-state index in [2.05, 4.69) is 22.5 Å². The molecular weight excluding hydrogens is 328 g/mol. The second kappa shape index (κ2) is 8.43. The molecule has 6 heteroatoms. The van der Waals surface area contributed by atoms with Crippen molar-refractivity contribution in [2.75, 3.05) is 38.1 Å². The van der Waals surface area contributed by atoms with Gasteiger partial charge in [0.2, 0.25) is 5.91 Å². The van der Waals surface area contributed by atoms with E-state index in [1.807, 2.05) is 24.3 Å². The highest BCUT2D eigenvalue weighted by Gasteiger charge is 2.43. The van der Waals surface area contributed by atoms with Crippen LogP contribution < -0.4 is 15.4 Å². The lowest BCUT2D eigenvalue weighted by Gasteiger charge is -2.38. The van der Waals surface area contributed by atoms with E-state index in [1.165, 1.54) is 32.6 Å². The lowest BCUT2D eigenvalue weighted by atomic mass is 9.68. The summed E-state index contributed by atoms with van der Waals surface area (Å²) in [6.07, 6.45) is 5.42. The lowest BCUT2D eigenvalue weighted by Crippen LogP contribution is -2.42. The maximum absolute atomic E-state index is 11.1. The normalized spacial score (nSPS) is 18.5. The number of amides is 1. The van der Waals surface area contributed by atoms with Crippen LogP contribution in [-0.4, -0.2) is 49.6 Å². The number of benzene rings is 1. The zero-order chi connectivity index (χ0) is 18.4. The van der Waals surface area contributed by atoms with E-state index in [4.69, 9.17) is 9.73 Å². The van der Waals surface area contributed by atoms with Crippen LogP contribution in [0.2, 0.25) is 0 Å². The van der Waals surface area contributed by atoms with Gasteiger partial charge in [-0.05, 0) is 43.7 Å². The number of nitrogens with zero attached hydrogens (tertiary/aromatic N) is 2. The first-order chi connectivity index (χ1) is 12.6. The van der Waals surface area contributed by atoms with Gasteiger partial charge in [-0.3, -0.25) is 4.79 Å². The molecular formula is C20H30N4O2. The fourth-order valence-corrected chi connectivity index (χ4v) is 3.81. The molecule has 1 saturated carbocycles. The Kier molecular flexibility index (Phi) is 6.01. The predicted molar refractivity (Wildman–Crippen MR) is 105 cm³/mol. The average molecular weight is 358 g/mol. The molecule has 6 nitrogen and oxygen atoms in total. The third kappa shape index (κ3) is 4.68. The second-order valence-electron chi connectivity index (χ2n) is 7.32. The van der Waals surface area contributed by atoms with Crippen LogP contribution in [0.3, 0.4) is 0 Å². The molecule has 0 unspecified atom stereocenters. The van der Waals surface area contributed by atoms with Gasteiger partial charge in [-0.25, -0.2) is 4.99 Å². The number of nitrogens with one attached hydrogen (secondary N) is 2. The zero-order valence-electron chi connectivity index (χ0n) is 15.9. The Bertz CT molecular complexity index is 655. The summed E-state index contributed by atoms with van der Waals surface area (Å²) in [5.41, 5.74) is 1.31. The van der Waals surface area contributed by atoms with Crippen molar-refractivity contribution < 1.29 is 9.53 Å². The molecule has 0 aromatic heterocycles. The fourth-order valence-electron chi connectivity index (χ4n) is 3.81. The van der Waals surface area contributed by atoms with Gasteiger partial charge < -0.3 is 20.3 Å². The Morgan fingerprint density at radius 1 is 1.35 bits per heavy atom. The Labute approximate surface area is 156 Å². The third-order valence-electron chi connectivity index (χ3n) is 5.26. The Morgan fingerprint density at radius 2 is 2.19 bits per heavy atom. The van der Waals surface area contributed by atoms with Gasteiger partial charge in [0.1, 0.15) is 12.4 Å². The summed E-state index contributed by atoms with van der Waals surface area (Å²) >= 11 is 0. The van der Waals surface area contributed by atoms with Crippen molar-refractivity contribution in [3.05, 3.63) is 24.3 Å². The number of rotatable bonds is 6. The zero-order valence-corrected chi connectivity index (χ0v) is 15.9. The Hall–Kier alpha value is -2.24. The van der Waals surface area contributed by atoms with Gasteiger partial charge in [0.15, 0.2) is 5.96 Å². The molecule has 1 spiro atoms. The molecule has 3 rings (SSSR count). The molecule has 2 fully saturated rings. The molecule has 0 atom stereocenters. The van der Waals surface area contributed by atoms with Crippen molar-refractivity contribution in [3.63, 3.8) is 0 Å². The molecule has 2 N–H and O–H groups in total. The number of ether oxygens (including phenoxy) is 1. The van der Waals surface area contributed by atoms with E-state index in [0.717, 1.165) is 37.0 Å². The van der Waals surface area contributed by atoms with Gasteiger partial charge >= 0.3 is 0 Å². The van der Waals surface area contributed by atoms with Gasteiger partial charge in [0.05, 0.1) is 6.54 Å². The lowest BCUT2D eigenvalue weighted by molar-refractivity contribution is -0.114. The highest BCUT2D eigenvalue weighted by Crippen LogP contribution is 2.47. The summed E-state index contributed by atoms with van der Waals surface area (Å²) in [5.74, 6) is 1.66. The molecule has 1 aliphatic heterocycles. The summed E-state index contributed by atoms with van der Waals surface area (Å²) in [6.45, 7) is 7.84. The van der Waals surface area contributed by atoms with Crippen LogP contribution in [0.4, 0.5) is 5.69 Å². The minimum absolute atomic E-state index is 0.0862. The molecule has 26 heavy (non-hydrogen) atoms. The quantitative estimate of drug-likeness (QED) is 0.466. The van der Waals surface area contributed by atoms with Gasteiger partial charge in [-0.1, -0.05) is 12.5 Å². The van der Waals surface area contributed by atoms with Crippen LogP contribution in [0.15, 0.2) is 29.3 Å². The van der Waals surface area contributed by atoms with Crippen molar-refractivity contribution in [1.82, 2.24) is 10.2 Å². The highest BCUT2D eigenvalue weighted by molar-refractivity contribution is 5.88. The van der Waals surface area contributed by atoms with E-state index in [0.29, 0.717) is 18.6 Å². The van der Waals surface area contributed by atoms with Crippen molar-refractivity contribution in [2.24, 2.45) is 10.4 Å². The molecule has 2 aliphatic rings. The minimum Gasteiger partial charge on any atom is -0.492 e. The number of carbonyl (C=O) groups is 1. The van der Waals surface area contributed by atoms with Gasteiger partial charge in [-0.15, -0.1) is 0 Å². The summed E-state index contributed by atoms with van der Waals surface area (Å²) < 4.78 is 5.79. The molecule has 1 saturated heterocycles. The van der Waals surface area contributed by atoms with E-state index in [9.17, 15) is 4.79 Å². The number of hydrogen-bond acceptors (Lipinski definition) is 3. The molecule has 0 bridgehead atoms. The molecule has 1 aromatic rings. The minimum atomic E-state index is -0.0862. The van der Waals surface area contributed by atoms with Crippen LogP contribution in [-0.2, 0) is 4.79 Å². The second-order valence-corrected chi connectivity index (χ2v) is 7.32. The standard InChI is InChI=1S/C20H30N4O2/c1-3-21-19(24-12-10-20(15-24)8-5-9-20)22-11-13-26-18-7-4-6-17(14-18)23-16(2)25/h4,6-7,14H,3,5,8-13,15H2,1-2H3,(H,21,22)(H,23,25). The largest absolute Gasteiger partial charge is 0.492 e. The molecule has 1 aliphatic carbocycles. The van der Waals surface area contributed by atoms with E-state index in [-0.39, 0.29) is 5.91 Å². The first-order valence-corrected chi connectivity index (χ1v) is 9.64. The van der Waals surface area contributed by atoms with Crippen molar-refractivity contribution in [1.29, 1.82) is 0 Å². The molecule has 142 valence electrons. The maximum Gasteiger partial charge on any atom is 0.221 e. The smallest absolute Gasteiger partial charge is 0.221 e. The van der Waals surface area contributed by atoms with Gasteiger partial charge in [0, 0.05) is 38.3 Å². The van der Waals surface area contributed by atoms with Crippen LogP contribution >= 0.6 is 0 Å². The first kappa shape index (κ1) is 18.5. The summed E-state index contributed by atoms with van der Waals surface area (Å²) in [4.78, 5) is 18.3.